The topological polar surface area (TPSA) is 125 Å². The smallest absolute Gasteiger partial charge is 0.327 e. The van der Waals surface area contributed by atoms with Crippen LogP contribution in [0.1, 0.15) is 29.3 Å². The molecule has 152 valence electrons. The number of hydrogen-bond acceptors (Lipinski definition) is 6. The van der Waals surface area contributed by atoms with Crippen LogP contribution in [0.4, 0.5) is 11.6 Å². The number of anilines is 2. The van der Waals surface area contributed by atoms with E-state index in [-0.39, 0.29) is 5.69 Å². The first-order valence-corrected chi connectivity index (χ1v) is 9.53. The molecule has 1 aromatic carbocycles. The van der Waals surface area contributed by atoms with Crippen molar-refractivity contribution >= 4 is 17.3 Å². The van der Waals surface area contributed by atoms with Crippen molar-refractivity contribution in [2.24, 2.45) is 0 Å². The number of nitrogen functional groups attached to an aromatic ring is 1. The van der Waals surface area contributed by atoms with Crippen LogP contribution < -0.4 is 22.1 Å². The number of aromatic nitrogens is 3. The second-order valence-electron chi connectivity index (χ2n) is 6.95. The van der Waals surface area contributed by atoms with Crippen molar-refractivity contribution in [3.8, 4) is 0 Å². The number of pyridine rings is 1. The summed E-state index contributed by atoms with van der Waals surface area (Å²) in [4.78, 5) is 19.0. The molecule has 3 aromatic rings. The first-order chi connectivity index (χ1) is 14.0. The van der Waals surface area contributed by atoms with Crippen LogP contribution in [-0.2, 0) is 19.5 Å². The summed E-state index contributed by atoms with van der Waals surface area (Å²) in [6.45, 7) is 3.71. The minimum absolute atomic E-state index is 0.224. The zero-order chi connectivity index (χ0) is 20.8. The number of imidazole rings is 1. The molecular formula is C21H27N7O. The average Bonchev–Trinajstić information content (AvgIpc) is 3.02. The van der Waals surface area contributed by atoms with Gasteiger partial charge in [-0.3, -0.25) is 4.57 Å². The van der Waals surface area contributed by atoms with Gasteiger partial charge in [-0.15, -0.1) is 0 Å². The van der Waals surface area contributed by atoms with E-state index in [1.54, 1.807) is 24.7 Å². The molecule has 0 aliphatic rings. The average molecular weight is 393 g/mol. The third kappa shape index (κ3) is 5.11. The van der Waals surface area contributed by atoms with Gasteiger partial charge in [0.25, 0.3) is 0 Å². The third-order valence-corrected chi connectivity index (χ3v) is 4.72. The molecule has 0 radical (unpaired) electrons. The predicted octanol–water partition coefficient (Wildman–Crippen LogP) is 1.96. The van der Waals surface area contributed by atoms with Crippen LogP contribution in [-0.4, -0.2) is 33.8 Å². The fourth-order valence-corrected chi connectivity index (χ4v) is 3.21. The van der Waals surface area contributed by atoms with Gasteiger partial charge in [0.1, 0.15) is 17.3 Å². The van der Waals surface area contributed by atoms with Gasteiger partial charge in [-0.25, -0.2) is 9.78 Å². The van der Waals surface area contributed by atoms with Gasteiger partial charge in [0.15, 0.2) is 0 Å². The Morgan fingerprint density at radius 2 is 1.93 bits per heavy atom. The lowest BCUT2D eigenvalue weighted by atomic mass is 10.1. The number of rotatable bonds is 9. The van der Waals surface area contributed by atoms with Crippen LogP contribution in [0.2, 0.25) is 0 Å². The molecule has 0 saturated heterocycles. The van der Waals surface area contributed by atoms with E-state index >= 15 is 0 Å². The van der Waals surface area contributed by atoms with Gasteiger partial charge in [-0.05, 0) is 48.7 Å². The number of nitrogens with zero attached hydrogens (tertiary/aromatic N) is 2. The Morgan fingerprint density at radius 3 is 2.59 bits per heavy atom. The van der Waals surface area contributed by atoms with Crippen LogP contribution in [0.3, 0.4) is 0 Å². The first-order valence-electron chi connectivity index (χ1n) is 9.53. The van der Waals surface area contributed by atoms with E-state index in [4.69, 9.17) is 11.1 Å². The van der Waals surface area contributed by atoms with Crippen LogP contribution >= 0.6 is 0 Å². The molecule has 3 rings (SSSR count). The van der Waals surface area contributed by atoms with Gasteiger partial charge < -0.3 is 26.8 Å². The van der Waals surface area contributed by atoms with Crippen molar-refractivity contribution in [1.82, 2.24) is 19.9 Å². The Kier molecular flexibility index (Phi) is 6.46. The fourth-order valence-electron chi connectivity index (χ4n) is 3.21. The highest BCUT2D eigenvalue weighted by molar-refractivity contribution is 5.98. The lowest BCUT2D eigenvalue weighted by Crippen LogP contribution is -2.19. The van der Waals surface area contributed by atoms with E-state index in [0.29, 0.717) is 29.6 Å². The van der Waals surface area contributed by atoms with Crippen LogP contribution in [0.15, 0.2) is 47.4 Å². The van der Waals surface area contributed by atoms with Gasteiger partial charge in [-0.2, -0.15) is 0 Å². The van der Waals surface area contributed by atoms with Crippen LogP contribution in [0.5, 0.6) is 0 Å². The third-order valence-electron chi connectivity index (χ3n) is 4.72. The Hall–Kier alpha value is -3.39. The molecular weight excluding hydrogens is 366 g/mol. The normalized spacial score (nSPS) is 10.8. The molecule has 0 aliphatic heterocycles. The zero-order valence-corrected chi connectivity index (χ0v) is 16.7. The Morgan fingerprint density at radius 1 is 1.21 bits per heavy atom. The number of benzene rings is 1. The van der Waals surface area contributed by atoms with E-state index < -0.39 is 0 Å². The summed E-state index contributed by atoms with van der Waals surface area (Å²) in [7, 11) is 1.75. The van der Waals surface area contributed by atoms with E-state index in [0.717, 1.165) is 30.6 Å². The Bertz CT molecular complexity index is 1030. The maximum Gasteiger partial charge on any atom is 0.327 e. The fraction of sp³-hybridized carbons (Fsp3) is 0.286. The zero-order valence-electron chi connectivity index (χ0n) is 16.7. The molecule has 2 aromatic heterocycles. The minimum Gasteiger partial charge on any atom is -0.384 e. The maximum absolute atomic E-state index is 12.3. The van der Waals surface area contributed by atoms with Crippen molar-refractivity contribution in [1.29, 1.82) is 5.41 Å². The molecule has 2 heterocycles. The maximum atomic E-state index is 12.3. The molecule has 0 atom stereocenters. The van der Waals surface area contributed by atoms with Gasteiger partial charge in [0, 0.05) is 19.8 Å². The van der Waals surface area contributed by atoms with Gasteiger partial charge in [-0.1, -0.05) is 24.3 Å². The summed E-state index contributed by atoms with van der Waals surface area (Å²) in [5.41, 5.74) is 9.68. The molecule has 0 saturated carbocycles. The van der Waals surface area contributed by atoms with Gasteiger partial charge in [0.05, 0.1) is 12.3 Å². The van der Waals surface area contributed by atoms with Crippen molar-refractivity contribution in [3.05, 3.63) is 75.5 Å². The Labute approximate surface area is 169 Å². The van der Waals surface area contributed by atoms with Crippen molar-refractivity contribution in [3.63, 3.8) is 0 Å². The largest absolute Gasteiger partial charge is 0.384 e. The SMILES string of the molecule is CNc1c(C(C)=N)[nH]c(=O)n1Cc1ccc(CNCCc2ccnc(N)c2)cc1. The summed E-state index contributed by atoms with van der Waals surface area (Å²) in [5.74, 6) is 1.17. The standard InChI is InChI=1S/C21H27N7O/c1-14(22)19-20(24-2)28(21(29)27-19)13-17-5-3-16(4-6-17)12-25-9-7-15-8-10-26-18(23)11-15/h3-6,8,10-11,22,24-25H,7,9,12-13H2,1-2H3,(H2,23,26)(H,27,29). The minimum atomic E-state index is -0.224. The summed E-state index contributed by atoms with van der Waals surface area (Å²) in [6.07, 6.45) is 2.62. The van der Waals surface area contributed by atoms with Crippen molar-refractivity contribution < 1.29 is 0 Å². The van der Waals surface area contributed by atoms with Crippen molar-refractivity contribution in [2.75, 3.05) is 24.6 Å². The quantitative estimate of drug-likeness (QED) is 0.281. The number of nitrogens with two attached hydrogens (primary N) is 1. The molecule has 0 amide bonds. The van der Waals surface area contributed by atoms with Gasteiger partial charge >= 0.3 is 5.69 Å². The monoisotopic (exact) mass is 393 g/mol. The molecule has 0 aliphatic carbocycles. The summed E-state index contributed by atoms with van der Waals surface area (Å²) >= 11 is 0. The van der Waals surface area contributed by atoms with E-state index in [1.807, 2.05) is 24.3 Å². The molecule has 0 unspecified atom stereocenters. The lowest BCUT2D eigenvalue weighted by Gasteiger charge is -2.10. The highest BCUT2D eigenvalue weighted by Gasteiger charge is 2.14. The highest BCUT2D eigenvalue weighted by atomic mass is 16.1. The number of H-pyrrole nitrogens is 1. The first kappa shape index (κ1) is 20.3. The summed E-state index contributed by atoms with van der Waals surface area (Å²) in [5, 5.41) is 14.2. The highest BCUT2D eigenvalue weighted by Crippen LogP contribution is 2.14. The second-order valence-corrected chi connectivity index (χ2v) is 6.95. The van der Waals surface area contributed by atoms with Gasteiger partial charge in [0.2, 0.25) is 0 Å². The summed E-state index contributed by atoms with van der Waals surface area (Å²) in [6, 6.07) is 12.0. The summed E-state index contributed by atoms with van der Waals surface area (Å²) < 4.78 is 1.61. The second kappa shape index (κ2) is 9.20. The van der Waals surface area contributed by atoms with E-state index in [1.165, 1.54) is 5.56 Å². The molecule has 29 heavy (non-hydrogen) atoms. The molecule has 6 N–H and O–H groups in total. The lowest BCUT2D eigenvalue weighted by molar-refractivity contribution is 0.686. The number of nitrogens with one attached hydrogen (secondary N) is 4. The molecule has 8 nitrogen and oxygen atoms in total. The predicted molar refractivity (Wildman–Crippen MR) is 117 cm³/mol. The van der Waals surface area contributed by atoms with E-state index in [2.05, 4.69) is 32.7 Å². The molecule has 8 heteroatoms. The van der Waals surface area contributed by atoms with Crippen LogP contribution in [0, 0.1) is 5.41 Å². The van der Waals surface area contributed by atoms with E-state index in [9.17, 15) is 4.79 Å². The van der Waals surface area contributed by atoms with Crippen molar-refractivity contribution in [2.45, 2.75) is 26.4 Å². The van der Waals surface area contributed by atoms with Crippen LogP contribution in [0.25, 0.3) is 0 Å². The molecule has 0 bridgehead atoms. The molecule has 0 spiro atoms. The Balaban J connectivity index is 1.57. The molecule has 0 fully saturated rings. The number of aromatic amines is 1. The number of hydrogen-bond donors (Lipinski definition) is 5.